The van der Waals surface area contributed by atoms with Crippen LogP contribution < -0.4 is 5.48 Å². The Kier molecular flexibility index (Phi) is 2.27. The monoisotopic (exact) mass is 159 g/mol. The summed E-state index contributed by atoms with van der Waals surface area (Å²) in [5, 5.41) is 25.6. The van der Waals surface area contributed by atoms with Crippen molar-refractivity contribution in [2.75, 3.05) is 5.48 Å². The molecular formula is C8H5N3O. The van der Waals surface area contributed by atoms with Gasteiger partial charge in [-0.05, 0) is 18.2 Å². The van der Waals surface area contributed by atoms with Gasteiger partial charge in [-0.3, -0.25) is 10.7 Å². The lowest BCUT2D eigenvalue weighted by atomic mass is 10.1. The lowest BCUT2D eigenvalue weighted by Crippen LogP contribution is -1.91. The van der Waals surface area contributed by atoms with E-state index in [1.54, 1.807) is 0 Å². The lowest BCUT2D eigenvalue weighted by molar-refractivity contribution is 0.389. The number of rotatable bonds is 1. The number of benzene rings is 1. The Bertz CT molecular complexity index is 373. The molecule has 0 unspecified atom stereocenters. The Morgan fingerprint density at radius 2 is 1.83 bits per heavy atom. The highest BCUT2D eigenvalue weighted by atomic mass is 16.5. The summed E-state index contributed by atoms with van der Waals surface area (Å²) in [5.74, 6) is 0. The number of hydrogen-bond donors (Lipinski definition) is 2. The van der Waals surface area contributed by atoms with Gasteiger partial charge in [-0.2, -0.15) is 10.5 Å². The van der Waals surface area contributed by atoms with E-state index in [9.17, 15) is 0 Å². The van der Waals surface area contributed by atoms with Crippen molar-refractivity contribution >= 4 is 5.69 Å². The van der Waals surface area contributed by atoms with Crippen LogP contribution in [-0.2, 0) is 0 Å². The Hall–Kier alpha value is -2.04. The number of nitrogens with one attached hydrogen (secondary N) is 1. The topological polar surface area (TPSA) is 79.8 Å². The molecule has 1 rings (SSSR count). The summed E-state index contributed by atoms with van der Waals surface area (Å²) in [6, 6.07) is 8.10. The van der Waals surface area contributed by atoms with Crippen molar-refractivity contribution in [3.05, 3.63) is 29.3 Å². The van der Waals surface area contributed by atoms with Crippen molar-refractivity contribution in [2.24, 2.45) is 0 Å². The highest BCUT2D eigenvalue weighted by molar-refractivity contribution is 5.55. The van der Waals surface area contributed by atoms with Crippen molar-refractivity contribution in [1.82, 2.24) is 0 Å². The molecule has 0 atom stereocenters. The van der Waals surface area contributed by atoms with E-state index < -0.39 is 0 Å². The van der Waals surface area contributed by atoms with E-state index in [1.165, 1.54) is 18.2 Å². The van der Waals surface area contributed by atoms with Crippen LogP contribution in [0, 0.1) is 22.7 Å². The molecule has 2 N–H and O–H groups in total. The van der Waals surface area contributed by atoms with Crippen LogP contribution in [0.3, 0.4) is 0 Å². The minimum atomic E-state index is 0.247. The largest absolute Gasteiger partial charge is 0.291 e. The van der Waals surface area contributed by atoms with Crippen molar-refractivity contribution in [1.29, 1.82) is 10.5 Å². The fourth-order valence-electron chi connectivity index (χ4n) is 0.804. The normalized spacial score (nSPS) is 8.25. The fourth-order valence-corrected chi connectivity index (χ4v) is 0.804. The van der Waals surface area contributed by atoms with Gasteiger partial charge < -0.3 is 0 Å². The second kappa shape index (κ2) is 3.38. The first-order valence-electron chi connectivity index (χ1n) is 3.16. The Balaban J connectivity index is 3.25. The molecule has 0 fully saturated rings. The molecule has 0 aliphatic heterocycles. The van der Waals surface area contributed by atoms with Crippen LogP contribution in [0.4, 0.5) is 5.69 Å². The minimum absolute atomic E-state index is 0.247. The summed E-state index contributed by atoms with van der Waals surface area (Å²) in [7, 11) is 0. The van der Waals surface area contributed by atoms with Gasteiger partial charge in [0.25, 0.3) is 0 Å². The maximum absolute atomic E-state index is 8.56. The SMILES string of the molecule is N#Cc1ccc(NO)cc1C#N. The van der Waals surface area contributed by atoms with Crippen molar-refractivity contribution in [2.45, 2.75) is 0 Å². The third-order valence-electron chi connectivity index (χ3n) is 1.39. The molecule has 0 aromatic heterocycles. The van der Waals surface area contributed by atoms with Gasteiger partial charge in [0.2, 0.25) is 0 Å². The molecule has 0 spiro atoms. The molecule has 1 aromatic rings. The first kappa shape index (κ1) is 8.06. The van der Waals surface area contributed by atoms with E-state index >= 15 is 0 Å². The zero-order valence-electron chi connectivity index (χ0n) is 6.07. The van der Waals surface area contributed by atoms with Crippen LogP contribution in [-0.4, -0.2) is 5.21 Å². The first-order chi connectivity index (χ1) is 5.81. The maximum Gasteiger partial charge on any atom is 0.101 e. The van der Waals surface area contributed by atoms with E-state index in [0.717, 1.165) is 0 Å². The first-order valence-corrected chi connectivity index (χ1v) is 3.16. The van der Waals surface area contributed by atoms with Gasteiger partial charge in [-0.25, -0.2) is 0 Å². The highest BCUT2D eigenvalue weighted by Crippen LogP contribution is 2.13. The molecule has 1 aromatic carbocycles. The second-order valence-corrected chi connectivity index (χ2v) is 2.10. The van der Waals surface area contributed by atoms with Crippen LogP contribution in [0.5, 0.6) is 0 Å². The van der Waals surface area contributed by atoms with E-state index in [-0.39, 0.29) is 5.56 Å². The quantitative estimate of drug-likeness (QED) is 0.604. The third-order valence-corrected chi connectivity index (χ3v) is 1.39. The van der Waals surface area contributed by atoms with Gasteiger partial charge in [-0.15, -0.1) is 0 Å². The predicted molar refractivity (Wildman–Crippen MR) is 41.3 cm³/mol. The van der Waals surface area contributed by atoms with Gasteiger partial charge in [-0.1, -0.05) is 0 Å². The summed E-state index contributed by atoms with van der Waals surface area (Å²) in [6.45, 7) is 0. The Labute approximate surface area is 69.2 Å². The van der Waals surface area contributed by atoms with Crippen molar-refractivity contribution in [3.8, 4) is 12.1 Å². The molecule has 0 saturated heterocycles. The van der Waals surface area contributed by atoms with Gasteiger partial charge in [0.15, 0.2) is 0 Å². The summed E-state index contributed by atoms with van der Waals surface area (Å²) in [6.07, 6.45) is 0. The van der Waals surface area contributed by atoms with Gasteiger partial charge in [0.1, 0.15) is 12.1 Å². The van der Waals surface area contributed by atoms with Gasteiger partial charge in [0, 0.05) is 0 Å². The zero-order chi connectivity index (χ0) is 8.97. The number of nitrogens with zero attached hydrogens (tertiary/aromatic N) is 2. The molecular weight excluding hydrogens is 154 g/mol. The molecule has 4 heteroatoms. The Morgan fingerprint density at radius 3 is 2.33 bits per heavy atom. The van der Waals surface area contributed by atoms with E-state index in [0.29, 0.717) is 11.3 Å². The van der Waals surface area contributed by atoms with E-state index in [1.807, 2.05) is 17.6 Å². The maximum atomic E-state index is 8.56. The fraction of sp³-hybridized carbons (Fsp3) is 0. The van der Waals surface area contributed by atoms with E-state index in [4.69, 9.17) is 15.7 Å². The second-order valence-electron chi connectivity index (χ2n) is 2.10. The molecule has 0 radical (unpaired) electrons. The van der Waals surface area contributed by atoms with Crippen LogP contribution >= 0.6 is 0 Å². The zero-order valence-corrected chi connectivity index (χ0v) is 6.07. The summed E-state index contributed by atoms with van der Waals surface area (Å²) >= 11 is 0. The van der Waals surface area contributed by atoms with Crippen LogP contribution in [0.1, 0.15) is 11.1 Å². The molecule has 0 saturated carbocycles. The molecule has 0 aliphatic rings. The van der Waals surface area contributed by atoms with E-state index in [2.05, 4.69) is 0 Å². The molecule has 12 heavy (non-hydrogen) atoms. The van der Waals surface area contributed by atoms with Crippen LogP contribution in [0.25, 0.3) is 0 Å². The average molecular weight is 159 g/mol. The van der Waals surface area contributed by atoms with Crippen molar-refractivity contribution < 1.29 is 5.21 Å². The molecule has 4 nitrogen and oxygen atoms in total. The summed E-state index contributed by atoms with van der Waals surface area (Å²) in [4.78, 5) is 0. The molecule has 0 heterocycles. The van der Waals surface area contributed by atoms with Gasteiger partial charge >= 0.3 is 0 Å². The summed E-state index contributed by atoms with van der Waals surface area (Å²) < 4.78 is 0. The Morgan fingerprint density at radius 1 is 1.17 bits per heavy atom. The molecule has 0 aliphatic carbocycles. The third kappa shape index (κ3) is 1.34. The summed E-state index contributed by atoms with van der Waals surface area (Å²) in [5.41, 5.74) is 2.84. The van der Waals surface area contributed by atoms with Gasteiger partial charge in [0.05, 0.1) is 16.8 Å². The average Bonchev–Trinajstić information content (AvgIpc) is 2.16. The predicted octanol–water partition coefficient (Wildman–Crippen LogP) is 1.23. The smallest absolute Gasteiger partial charge is 0.101 e. The van der Waals surface area contributed by atoms with Crippen LogP contribution in [0.2, 0.25) is 0 Å². The van der Waals surface area contributed by atoms with Crippen molar-refractivity contribution in [3.63, 3.8) is 0 Å². The molecule has 0 bridgehead atoms. The number of anilines is 1. The number of nitriles is 2. The minimum Gasteiger partial charge on any atom is -0.291 e. The molecule has 0 amide bonds. The highest BCUT2D eigenvalue weighted by Gasteiger charge is 2.00. The standard InChI is InChI=1S/C8H5N3O/c9-4-6-1-2-8(11-12)3-7(6)5-10/h1-3,11-12H. The number of hydrogen-bond acceptors (Lipinski definition) is 4. The lowest BCUT2D eigenvalue weighted by Gasteiger charge is -1.98. The molecule has 58 valence electrons. The van der Waals surface area contributed by atoms with Crippen LogP contribution in [0.15, 0.2) is 18.2 Å².